The van der Waals surface area contributed by atoms with Crippen molar-refractivity contribution in [2.24, 2.45) is 0 Å². The highest BCUT2D eigenvalue weighted by Crippen LogP contribution is 2.57. The van der Waals surface area contributed by atoms with E-state index in [1.807, 2.05) is 44.2 Å². The number of rotatable bonds is 7. The van der Waals surface area contributed by atoms with Gasteiger partial charge < -0.3 is 13.8 Å². The Morgan fingerprint density at radius 1 is 1.13 bits per heavy atom. The maximum Gasteiger partial charge on any atom is 0.395 e. The van der Waals surface area contributed by atoms with Crippen LogP contribution in [0.5, 0.6) is 0 Å². The first-order valence-electron chi connectivity index (χ1n) is 7.73. The molecule has 0 aliphatic heterocycles. The summed E-state index contributed by atoms with van der Waals surface area (Å²) in [4.78, 5) is 0. The van der Waals surface area contributed by atoms with Crippen LogP contribution in [0.2, 0.25) is 0 Å². The molecule has 0 amide bonds. The lowest BCUT2D eigenvalue weighted by Gasteiger charge is -2.23. The maximum absolute atomic E-state index is 12.9. The van der Waals surface area contributed by atoms with Gasteiger partial charge in [-0.25, -0.2) is 0 Å². The van der Waals surface area contributed by atoms with Crippen LogP contribution in [-0.2, 0) is 18.3 Å². The van der Waals surface area contributed by atoms with Crippen molar-refractivity contribution < 1.29 is 18.3 Å². The number of ether oxygens (including phenoxy) is 1. The third-order valence-electron chi connectivity index (χ3n) is 2.76. The second-order valence-electron chi connectivity index (χ2n) is 5.03. The molecule has 0 saturated carbocycles. The molecule has 1 aromatic rings. The van der Waals surface area contributed by atoms with E-state index in [1.165, 1.54) is 0 Å². The molecule has 0 bridgehead atoms. The van der Waals surface area contributed by atoms with Crippen LogP contribution in [0, 0.1) is 11.8 Å². The Hall–Kier alpha value is -1.53. The SMILES string of the molecule is CCOP(=O)(OCC)C(O[C@@H](C)C#Cc1ccccc1)=C(C)C. The van der Waals surface area contributed by atoms with Crippen LogP contribution in [0.1, 0.15) is 40.2 Å². The van der Waals surface area contributed by atoms with Crippen molar-refractivity contribution in [3.63, 3.8) is 0 Å². The van der Waals surface area contributed by atoms with E-state index >= 15 is 0 Å². The molecule has 0 radical (unpaired) electrons. The summed E-state index contributed by atoms with van der Waals surface area (Å²) >= 11 is 0. The van der Waals surface area contributed by atoms with Gasteiger partial charge in [0.25, 0.3) is 0 Å². The first-order chi connectivity index (χ1) is 10.9. The molecule has 4 nitrogen and oxygen atoms in total. The maximum atomic E-state index is 12.9. The molecule has 0 unspecified atom stereocenters. The van der Waals surface area contributed by atoms with Crippen LogP contribution in [0.25, 0.3) is 0 Å². The fourth-order valence-electron chi connectivity index (χ4n) is 1.85. The van der Waals surface area contributed by atoms with Gasteiger partial charge in [0, 0.05) is 5.56 Å². The third kappa shape index (κ3) is 6.23. The van der Waals surface area contributed by atoms with Gasteiger partial charge in [-0.05, 0) is 52.3 Å². The summed E-state index contributed by atoms with van der Waals surface area (Å²) in [5.74, 6) is 6.04. The smallest absolute Gasteiger partial charge is 0.395 e. The van der Waals surface area contributed by atoms with Crippen molar-refractivity contribution >= 4 is 7.60 Å². The van der Waals surface area contributed by atoms with E-state index in [-0.39, 0.29) is 18.7 Å². The molecule has 23 heavy (non-hydrogen) atoms. The van der Waals surface area contributed by atoms with Gasteiger partial charge in [-0.2, -0.15) is 0 Å². The summed E-state index contributed by atoms with van der Waals surface area (Å²) < 4.78 is 29.4. The Morgan fingerprint density at radius 3 is 2.17 bits per heavy atom. The van der Waals surface area contributed by atoms with Gasteiger partial charge in [0.05, 0.1) is 13.2 Å². The Bertz CT molecular complexity index is 611. The molecule has 0 aliphatic rings. The molecule has 126 valence electrons. The van der Waals surface area contributed by atoms with E-state index < -0.39 is 13.7 Å². The molecule has 1 aromatic carbocycles. The van der Waals surface area contributed by atoms with Gasteiger partial charge in [0.15, 0.2) is 6.10 Å². The zero-order valence-corrected chi connectivity index (χ0v) is 15.4. The molecule has 0 fully saturated rings. The molecule has 1 rings (SSSR count). The summed E-state index contributed by atoms with van der Waals surface area (Å²) in [5, 5.41) is 0. The summed E-state index contributed by atoms with van der Waals surface area (Å²) in [7, 11) is -3.45. The molecule has 0 N–H and O–H groups in total. The van der Waals surface area contributed by atoms with Crippen LogP contribution in [0.4, 0.5) is 0 Å². The molecule has 0 spiro atoms. The highest BCUT2D eigenvalue weighted by atomic mass is 31.2. The Balaban J connectivity index is 2.94. The minimum absolute atomic E-state index is 0.246. The number of allylic oxidation sites excluding steroid dienone is 1. The second-order valence-corrected chi connectivity index (χ2v) is 6.95. The molecular formula is C18H25O4P. The molecular weight excluding hydrogens is 311 g/mol. The fourth-order valence-corrected chi connectivity index (χ4v) is 3.68. The van der Waals surface area contributed by atoms with Crippen LogP contribution < -0.4 is 0 Å². The second kappa shape index (κ2) is 9.57. The van der Waals surface area contributed by atoms with E-state index in [2.05, 4.69) is 11.8 Å². The average Bonchev–Trinajstić information content (AvgIpc) is 2.51. The van der Waals surface area contributed by atoms with Crippen molar-refractivity contribution in [2.75, 3.05) is 13.2 Å². The topological polar surface area (TPSA) is 44.8 Å². The first-order valence-corrected chi connectivity index (χ1v) is 9.27. The predicted octanol–water partition coefficient (Wildman–Crippen LogP) is 4.96. The Morgan fingerprint density at radius 2 is 1.70 bits per heavy atom. The lowest BCUT2D eigenvalue weighted by Crippen LogP contribution is -2.10. The zero-order chi connectivity index (χ0) is 17.3. The van der Waals surface area contributed by atoms with Gasteiger partial charge in [-0.3, -0.25) is 4.57 Å². The highest BCUT2D eigenvalue weighted by molar-refractivity contribution is 7.58. The van der Waals surface area contributed by atoms with E-state index in [9.17, 15) is 4.57 Å². The first kappa shape index (κ1) is 19.5. The lowest BCUT2D eigenvalue weighted by molar-refractivity contribution is 0.156. The van der Waals surface area contributed by atoms with Crippen molar-refractivity contribution in [3.8, 4) is 11.8 Å². The number of benzene rings is 1. The van der Waals surface area contributed by atoms with Gasteiger partial charge in [0.1, 0.15) is 0 Å². The summed E-state index contributed by atoms with van der Waals surface area (Å²) in [5.41, 5.74) is 1.90. The van der Waals surface area contributed by atoms with E-state index in [0.717, 1.165) is 11.1 Å². The van der Waals surface area contributed by atoms with Gasteiger partial charge >= 0.3 is 7.60 Å². The molecule has 5 heteroatoms. The van der Waals surface area contributed by atoms with Crippen molar-refractivity contribution in [1.29, 1.82) is 0 Å². The minimum atomic E-state index is -3.45. The predicted molar refractivity (Wildman–Crippen MR) is 93.1 cm³/mol. The summed E-state index contributed by atoms with van der Waals surface area (Å²) in [6.45, 7) is 9.54. The summed E-state index contributed by atoms with van der Waals surface area (Å²) in [6, 6.07) is 9.64. The highest BCUT2D eigenvalue weighted by Gasteiger charge is 2.33. The molecule has 0 aliphatic carbocycles. The van der Waals surface area contributed by atoms with E-state index in [4.69, 9.17) is 13.8 Å². The molecule has 0 heterocycles. The van der Waals surface area contributed by atoms with Crippen molar-refractivity contribution in [2.45, 2.75) is 40.7 Å². The van der Waals surface area contributed by atoms with Crippen LogP contribution >= 0.6 is 7.60 Å². The number of hydrogen-bond acceptors (Lipinski definition) is 4. The van der Waals surface area contributed by atoms with Crippen LogP contribution in [0.3, 0.4) is 0 Å². The van der Waals surface area contributed by atoms with E-state index in [1.54, 1.807) is 20.8 Å². The molecule has 0 aromatic heterocycles. The monoisotopic (exact) mass is 336 g/mol. The van der Waals surface area contributed by atoms with Gasteiger partial charge in [-0.1, -0.05) is 30.0 Å². The normalized spacial score (nSPS) is 12.0. The largest absolute Gasteiger partial charge is 0.470 e. The van der Waals surface area contributed by atoms with Crippen molar-refractivity contribution in [3.05, 3.63) is 47.0 Å². The minimum Gasteiger partial charge on any atom is -0.470 e. The Labute approximate surface area is 139 Å². The summed E-state index contributed by atoms with van der Waals surface area (Å²) in [6.07, 6.45) is -0.436. The van der Waals surface area contributed by atoms with Crippen molar-refractivity contribution in [1.82, 2.24) is 0 Å². The van der Waals surface area contributed by atoms with E-state index in [0.29, 0.717) is 0 Å². The van der Waals surface area contributed by atoms with Crippen LogP contribution in [-0.4, -0.2) is 19.3 Å². The fraction of sp³-hybridized carbons (Fsp3) is 0.444. The van der Waals surface area contributed by atoms with Gasteiger partial charge in [-0.15, -0.1) is 0 Å². The van der Waals surface area contributed by atoms with Crippen LogP contribution in [0.15, 0.2) is 41.4 Å². The number of hydrogen-bond donors (Lipinski definition) is 0. The third-order valence-corrected chi connectivity index (χ3v) is 5.00. The quantitative estimate of drug-likeness (QED) is 0.401. The molecule has 1 atom stereocenters. The average molecular weight is 336 g/mol. The standard InChI is InChI=1S/C18H25O4P/c1-6-20-23(19,21-7-2)18(15(3)4)22-16(5)13-14-17-11-9-8-10-12-17/h8-12,16H,6-7H2,1-5H3/t16-/m0/s1. The lowest BCUT2D eigenvalue weighted by atomic mass is 10.2. The zero-order valence-electron chi connectivity index (χ0n) is 14.5. The Kier molecular flexibility index (Phi) is 8.12. The molecule has 0 saturated heterocycles. The van der Waals surface area contributed by atoms with Gasteiger partial charge in [0.2, 0.25) is 5.50 Å².